The molecule has 0 saturated carbocycles. The summed E-state index contributed by atoms with van der Waals surface area (Å²) in [7, 11) is 0. The first kappa shape index (κ1) is 22.1. The molecule has 5 nitrogen and oxygen atoms in total. The molecule has 3 aromatic heterocycles. The molecule has 0 saturated heterocycles. The second-order valence-electron chi connectivity index (χ2n) is 9.23. The summed E-state index contributed by atoms with van der Waals surface area (Å²) in [5.41, 5.74) is 7.51. The Labute approximate surface area is 219 Å². The number of fused-ring (bicyclic) bond motifs is 3. The van der Waals surface area contributed by atoms with Crippen LogP contribution >= 0.6 is 0 Å². The van der Waals surface area contributed by atoms with Crippen molar-refractivity contribution < 1.29 is 4.42 Å². The zero-order valence-electron chi connectivity index (χ0n) is 20.7. The average Bonchev–Trinajstić information content (AvgIpc) is 3.36. The van der Waals surface area contributed by atoms with Gasteiger partial charge in [0.05, 0.1) is 5.56 Å². The Balaban J connectivity index is 1.56. The summed E-state index contributed by atoms with van der Waals surface area (Å²) in [6.07, 6.45) is 3.71. The molecule has 7 rings (SSSR count). The van der Waals surface area contributed by atoms with Crippen LogP contribution in [0.4, 0.5) is 0 Å². The Bertz CT molecular complexity index is 1870. The van der Waals surface area contributed by atoms with Crippen molar-refractivity contribution >= 4 is 21.9 Å². The Morgan fingerprint density at radius 3 is 1.87 bits per heavy atom. The molecule has 3 heterocycles. The van der Waals surface area contributed by atoms with Gasteiger partial charge in [0, 0.05) is 34.3 Å². The molecule has 0 fully saturated rings. The molecule has 0 unspecified atom stereocenters. The maximum absolute atomic E-state index is 6.44. The molecule has 5 heteroatoms. The minimum atomic E-state index is 0.565. The molecule has 7 aromatic rings. The van der Waals surface area contributed by atoms with Gasteiger partial charge in [0.15, 0.2) is 17.5 Å². The van der Waals surface area contributed by atoms with E-state index in [9.17, 15) is 0 Å². The molecule has 180 valence electrons. The maximum atomic E-state index is 6.44. The highest BCUT2D eigenvalue weighted by Crippen LogP contribution is 2.39. The van der Waals surface area contributed by atoms with Gasteiger partial charge in [-0.05, 0) is 47.9 Å². The summed E-state index contributed by atoms with van der Waals surface area (Å²) in [5.74, 6) is 1.80. The van der Waals surface area contributed by atoms with Crippen LogP contribution in [-0.4, -0.2) is 19.9 Å². The smallest absolute Gasteiger partial charge is 0.167 e. The van der Waals surface area contributed by atoms with Crippen molar-refractivity contribution in [1.82, 2.24) is 19.9 Å². The number of aryl methyl sites for hydroxylation is 1. The molecule has 0 amide bonds. The molecular formula is C33H22N4O. The normalized spacial score (nSPS) is 11.3. The Morgan fingerprint density at radius 1 is 0.553 bits per heavy atom. The van der Waals surface area contributed by atoms with Crippen molar-refractivity contribution in [3.8, 4) is 45.3 Å². The first-order valence-electron chi connectivity index (χ1n) is 12.5. The van der Waals surface area contributed by atoms with Crippen molar-refractivity contribution in [3.05, 3.63) is 121 Å². The van der Waals surface area contributed by atoms with Crippen molar-refractivity contribution in [3.63, 3.8) is 0 Å². The van der Waals surface area contributed by atoms with Crippen LogP contribution in [0.3, 0.4) is 0 Å². The largest absolute Gasteiger partial charge is 0.455 e. The highest BCUT2D eigenvalue weighted by Gasteiger charge is 2.20. The predicted octanol–water partition coefficient (Wildman–Crippen LogP) is 8.14. The summed E-state index contributed by atoms with van der Waals surface area (Å²) in [4.78, 5) is 19.1. The second kappa shape index (κ2) is 9.05. The van der Waals surface area contributed by atoms with Crippen molar-refractivity contribution in [2.75, 3.05) is 0 Å². The molecule has 0 aliphatic rings. The van der Waals surface area contributed by atoms with E-state index in [0.717, 1.165) is 55.3 Å². The molecule has 4 aromatic carbocycles. The van der Waals surface area contributed by atoms with Crippen LogP contribution in [-0.2, 0) is 0 Å². The summed E-state index contributed by atoms with van der Waals surface area (Å²) in [6.45, 7) is 2.07. The van der Waals surface area contributed by atoms with Gasteiger partial charge in [0.1, 0.15) is 11.2 Å². The molecule has 38 heavy (non-hydrogen) atoms. The number of para-hydroxylation sites is 1. The lowest BCUT2D eigenvalue weighted by Gasteiger charge is -2.11. The zero-order valence-corrected chi connectivity index (χ0v) is 20.7. The minimum absolute atomic E-state index is 0.565. The molecule has 0 N–H and O–H groups in total. The number of hydrogen-bond donors (Lipinski definition) is 0. The number of nitrogens with zero attached hydrogens (tertiary/aromatic N) is 4. The minimum Gasteiger partial charge on any atom is -0.455 e. The summed E-state index contributed by atoms with van der Waals surface area (Å²) in [5, 5.41) is 2.07. The van der Waals surface area contributed by atoms with E-state index < -0.39 is 0 Å². The van der Waals surface area contributed by atoms with Crippen LogP contribution in [0.1, 0.15) is 5.56 Å². The topological polar surface area (TPSA) is 64.7 Å². The number of furan rings is 1. The highest BCUT2D eigenvalue weighted by molar-refractivity contribution is 6.11. The molecule has 0 spiro atoms. The number of pyridine rings is 1. The Kier molecular flexibility index (Phi) is 5.26. The van der Waals surface area contributed by atoms with E-state index in [4.69, 9.17) is 19.4 Å². The van der Waals surface area contributed by atoms with Crippen molar-refractivity contribution in [2.24, 2.45) is 0 Å². The predicted molar refractivity (Wildman–Crippen MR) is 151 cm³/mol. The van der Waals surface area contributed by atoms with Gasteiger partial charge in [0.25, 0.3) is 0 Å². The third kappa shape index (κ3) is 3.82. The fourth-order valence-corrected chi connectivity index (χ4v) is 4.87. The zero-order chi connectivity index (χ0) is 25.5. The number of benzene rings is 4. The van der Waals surface area contributed by atoms with Crippen molar-refractivity contribution in [1.29, 1.82) is 0 Å². The lowest BCUT2D eigenvalue weighted by Crippen LogP contribution is -2.00. The third-order valence-electron chi connectivity index (χ3n) is 6.75. The van der Waals surface area contributed by atoms with E-state index in [1.54, 1.807) is 0 Å². The van der Waals surface area contributed by atoms with E-state index in [0.29, 0.717) is 17.5 Å². The van der Waals surface area contributed by atoms with Crippen LogP contribution < -0.4 is 0 Å². The van der Waals surface area contributed by atoms with Crippen molar-refractivity contribution in [2.45, 2.75) is 6.92 Å². The maximum Gasteiger partial charge on any atom is 0.167 e. The lowest BCUT2D eigenvalue weighted by molar-refractivity contribution is 0.669. The van der Waals surface area contributed by atoms with Gasteiger partial charge in [-0.25, -0.2) is 15.0 Å². The number of rotatable bonds is 4. The van der Waals surface area contributed by atoms with E-state index in [-0.39, 0.29) is 0 Å². The molecule has 0 atom stereocenters. The fourth-order valence-electron chi connectivity index (χ4n) is 4.87. The van der Waals surface area contributed by atoms with Crippen LogP contribution in [0.5, 0.6) is 0 Å². The summed E-state index contributed by atoms with van der Waals surface area (Å²) < 4.78 is 6.44. The first-order chi connectivity index (χ1) is 18.7. The van der Waals surface area contributed by atoms with Gasteiger partial charge in [-0.1, -0.05) is 78.9 Å². The van der Waals surface area contributed by atoms with Crippen LogP contribution in [0.2, 0.25) is 0 Å². The highest BCUT2D eigenvalue weighted by atomic mass is 16.3. The lowest BCUT2D eigenvalue weighted by atomic mass is 9.97. The van der Waals surface area contributed by atoms with Gasteiger partial charge in [-0.3, -0.25) is 4.98 Å². The SMILES string of the molecule is Cc1cnccc1-c1cc(-c2nc(-c3ccccc3)nc(-c3ccccc3)n2)c2oc3ccccc3c2c1. The quantitative estimate of drug-likeness (QED) is 0.249. The third-order valence-corrected chi connectivity index (χ3v) is 6.75. The van der Waals surface area contributed by atoms with E-state index in [1.165, 1.54) is 0 Å². The molecular weight excluding hydrogens is 468 g/mol. The first-order valence-corrected chi connectivity index (χ1v) is 12.5. The van der Waals surface area contributed by atoms with Gasteiger partial charge in [-0.2, -0.15) is 0 Å². The van der Waals surface area contributed by atoms with E-state index >= 15 is 0 Å². The van der Waals surface area contributed by atoms with Gasteiger partial charge in [-0.15, -0.1) is 0 Å². The average molecular weight is 491 g/mol. The van der Waals surface area contributed by atoms with Crippen LogP contribution in [0.15, 0.2) is 120 Å². The van der Waals surface area contributed by atoms with Gasteiger partial charge in [0.2, 0.25) is 0 Å². The Morgan fingerprint density at radius 2 is 1.18 bits per heavy atom. The number of aromatic nitrogens is 4. The standard InChI is InChI=1S/C33H22N4O/c1-21-20-34-17-16-25(21)24-18-27-26-14-8-9-15-29(26)38-30(27)28(19-24)33-36-31(22-10-4-2-5-11-22)35-32(37-33)23-12-6-3-7-13-23/h2-20H,1H3. The molecule has 0 radical (unpaired) electrons. The van der Waals surface area contributed by atoms with E-state index in [2.05, 4.69) is 30.1 Å². The summed E-state index contributed by atoms with van der Waals surface area (Å²) >= 11 is 0. The second-order valence-corrected chi connectivity index (χ2v) is 9.23. The van der Waals surface area contributed by atoms with Gasteiger partial charge >= 0.3 is 0 Å². The fraction of sp³-hybridized carbons (Fsp3) is 0.0303. The number of hydrogen-bond acceptors (Lipinski definition) is 5. The monoisotopic (exact) mass is 490 g/mol. The Hall–Kier alpha value is -5.16. The molecule has 0 aliphatic heterocycles. The van der Waals surface area contributed by atoms with E-state index in [1.807, 2.05) is 97.3 Å². The summed E-state index contributed by atoms with van der Waals surface area (Å²) in [6, 6.07) is 34.5. The molecule has 0 bridgehead atoms. The van der Waals surface area contributed by atoms with Crippen LogP contribution in [0, 0.1) is 6.92 Å². The van der Waals surface area contributed by atoms with Crippen LogP contribution in [0.25, 0.3) is 67.2 Å². The van der Waals surface area contributed by atoms with Gasteiger partial charge < -0.3 is 4.42 Å². The molecule has 0 aliphatic carbocycles.